The predicted octanol–water partition coefficient (Wildman–Crippen LogP) is 0.150. The van der Waals surface area contributed by atoms with Crippen molar-refractivity contribution in [3.8, 4) is 0 Å². The topological polar surface area (TPSA) is 58.6 Å². The molecule has 0 aromatic rings. The van der Waals surface area contributed by atoms with Gasteiger partial charge in [-0.25, -0.2) is 0 Å². The summed E-state index contributed by atoms with van der Waals surface area (Å²) in [7, 11) is 1.76. The van der Waals surface area contributed by atoms with Crippen molar-refractivity contribution in [3.05, 3.63) is 0 Å². The maximum absolute atomic E-state index is 11.5. The third-order valence-corrected chi connectivity index (χ3v) is 2.67. The van der Waals surface area contributed by atoms with Crippen LogP contribution in [0.4, 0.5) is 0 Å². The predicted molar refractivity (Wildman–Crippen MR) is 59.9 cm³/mol. The van der Waals surface area contributed by atoms with Crippen LogP contribution < -0.4 is 5.32 Å². The number of carbonyl (C=O) groups excluding carboxylic acids is 2. The number of ether oxygens (including phenoxy) is 1. The molecule has 1 rings (SSSR count). The van der Waals surface area contributed by atoms with Crippen LogP contribution in [0.1, 0.15) is 26.2 Å². The smallest absolute Gasteiger partial charge is 0.222 e. The monoisotopic (exact) mass is 228 g/mol. The van der Waals surface area contributed by atoms with Gasteiger partial charge in [0, 0.05) is 39.1 Å². The van der Waals surface area contributed by atoms with E-state index in [4.69, 9.17) is 4.74 Å². The SMILES string of the molecule is CCOCCC(=O)N[C@H]1CCC(=O)N(C)C1. The van der Waals surface area contributed by atoms with Crippen molar-refractivity contribution in [1.82, 2.24) is 10.2 Å². The first-order valence-electron chi connectivity index (χ1n) is 5.74. The Labute approximate surface area is 96.1 Å². The number of carbonyl (C=O) groups is 2. The summed E-state index contributed by atoms with van der Waals surface area (Å²) in [6.07, 6.45) is 1.65. The van der Waals surface area contributed by atoms with Crippen molar-refractivity contribution in [2.24, 2.45) is 0 Å². The molecule has 0 bridgehead atoms. The summed E-state index contributed by atoms with van der Waals surface area (Å²) in [5.74, 6) is 0.154. The van der Waals surface area contributed by atoms with E-state index >= 15 is 0 Å². The van der Waals surface area contributed by atoms with Crippen molar-refractivity contribution >= 4 is 11.8 Å². The van der Waals surface area contributed by atoms with Gasteiger partial charge in [-0.3, -0.25) is 9.59 Å². The van der Waals surface area contributed by atoms with E-state index in [0.29, 0.717) is 32.6 Å². The van der Waals surface area contributed by atoms with Crippen LogP contribution in [0.25, 0.3) is 0 Å². The van der Waals surface area contributed by atoms with Crippen LogP contribution in [0, 0.1) is 0 Å². The molecule has 0 radical (unpaired) electrons. The molecule has 92 valence electrons. The Kier molecular flexibility index (Phi) is 5.25. The molecule has 5 nitrogen and oxygen atoms in total. The second-order valence-corrected chi connectivity index (χ2v) is 4.02. The summed E-state index contributed by atoms with van der Waals surface area (Å²) in [6, 6.07) is 0.0943. The van der Waals surface area contributed by atoms with Crippen molar-refractivity contribution in [2.75, 3.05) is 26.8 Å². The van der Waals surface area contributed by atoms with Crippen LogP contribution in [-0.4, -0.2) is 49.6 Å². The number of amides is 2. The van der Waals surface area contributed by atoms with Gasteiger partial charge in [-0.05, 0) is 13.3 Å². The number of piperidine rings is 1. The summed E-state index contributed by atoms with van der Waals surface area (Å²) in [5, 5.41) is 2.92. The first-order valence-corrected chi connectivity index (χ1v) is 5.74. The lowest BCUT2D eigenvalue weighted by molar-refractivity contribution is -0.134. The number of nitrogens with one attached hydrogen (secondary N) is 1. The van der Waals surface area contributed by atoms with E-state index in [-0.39, 0.29) is 17.9 Å². The lowest BCUT2D eigenvalue weighted by Crippen LogP contribution is -2.48. The third-order valence-electron chi connectivity index (χ3n) is 2.67. The molecular weight excluding hydrogens is 208 g/mol. The molecule has 1 aliphatic heterocycles. The fourth-order valence-corrected chi connectivity index (χ4v) is 1.74. The highest BCUT2D eigenvalue weighted by Gasteiger charge is 2.23. The summed E-state index contributed by atoms with van der Waals surface area (Å²) in [5.41, 5.74) is 0. The van der Waals surface area contributed by atoms with E-state index in [2.05, 4.69) is 5.32 Å². The number of hydrogen-bond donors (Lipinski definition) is 1. The van der Waals surface area contributed by atoms with Crippen LogP contribution in [0.2, 0.25) is 0 Å². The van der Waals surface area contributed by atoms with Gasteiger partial charge in [0.2, 0.25) is 11.8 Å². The summed E-state index contributed by atoms with van der Waals surface area (Å²) < 4.78 is 5.11. The minimum atomic E-state index is 0.00111. The Balaban J connectivity index is 2.21. The molecule has 0 unspecified atom stereocenters. The number of nitrogens with zero attached hydrogens (tertiary/aromatic N) is 1. The van der Waals surface area contributed by atoms with Gasteiger partial charge in [0.1, 0.15) is 0 Å². The quantitative estimate of drug-likeness (QED) is 0.681. The Hall–Kier alpha value is -1.10. The summed E-state index contributed by atoms with van der Waals surface area (Å²) in [6.45, 7) is 3.61. The van der Waals surface area contributed by atoms with E-state index in [9.17, 15) is 9.59 Å². The van der Waals surface area contributed by atoms with Crippen molar-refractivity contribution < 1.29 is 14.3 Å². The van der Waals surface area contributed by atoms with Crippen molar-refractivity contribution in [1.29, 1.82) is 0 Å². The van der Waals surface area contributed by atoms with Crippen molar-refractivity contribution in [2.45, 2.75) is 32.2 Å². The molecule has 1 saturated heterocycles. The molecule has 5 heteroatoms. The average Bonchev–Trinajstić information content (AvgIpc) is 2.24. The Morgan fingerprint density at radius 2 is 2.38 bits per heavy atom. The summed E-state index contributed by atoms with van der Waals surface area (Å²) >= 11 is 0. The zero-order valence-electron chi connectivity index (χ0n) is 9.99. The number of rotatable bonds is 5. The average molecular weight is 228 g/mol. The van der Waals surface area contributed by atoms with Gasteiger partial charge in [0.05, 0.1) is 6.61 Å². The highest BCUT2D eigenvalue weighted by Crippen LogP contribution is 2.09. The zero-order chi connectivity index (χ0) is 12.0. The molecule has 1 aliphatic rings. The van der Waals surface area contributed by atoms with Crippen LogP contribution in [-0.2, 0) is 14.3 Å². The number of likely N-dealkylation sites (N-methyl/N-ethyl adjacent to an activating group) is 1. The molecule has 0 aliphatic carbocycles. The standard InChI is InChI=1S/C11H20N2O3/c1-3-16-7-6-10(14)12-9-4-5-11(15)13(2)8-9/h9H,3-8H2,1-2H3,(H,12,14)/t9-/m0/s1. The van der Waals surface area contributed by atoms with Crippen LogP contribution in [0.3, 0.4) is 0 Å². The minimum absolute atomic E-state index is 0.00111. The van der Waals surface area contributed by atoms with Gasteiger partial charge in [-0.1, -0.05) is 0 Å². The van der Waals surface area contributed by atoms with Crippen LogP contribution in [0.5, 0.6) is 0 Å². The minimum Gasteiger partial charge on any atom is -0.381 e. The van der Waals surface area contributed by atoms with Gasteiger partial charge in [-0.2, -0.15) is 0 Å². The first kappa shape index (κ1) is 13.0. The normalized spacial score (nSPS) is 21.0. The van der Waals surface area contributed by atoms with Gasteiger partial charge >= 0.3 is 0 Å². The largest absolute Gasteiger partial charge is 0.381 e. The van der Waals surface area contributed by atoms with Crippen LogP contribution in [0.15, 0.2) is 0 Å². The maximum Gasteiger partial charge on any atom is 0.222 e. The second-order valence-electron chi connectivity index (χ2n) is 4.02. The van der Waals surface area contributed by atoms with Gasteiger partial charge in [-0.15, -0.1) is 0 Å². The fraction of sp³-hybridized carbons (Fsp3) is 0.818. The molecule has 16 heavy (non-hydrogen) atoms. The van der Waals surface area contributed by atoms with E-state index < -0.39 is 0 Å². The van der Waals surface area contributed by atoms with Crippen molar-refractivity contribution in [3.63, 3.8) is 0 Å². The molecular formula is C11H20N2O3. The maximum atomic E-state index is 11.5. The molecule has 1 N–H and O–H groups in total. The molecule has 1 fully saturated rings. The Morgan fingerprint density at radius 3 is 3.00 bits per heavy atom. The summed E-state index contributed by atoms with van der Waals surface area (Å²) in [4.78, 5) is 24.4. The third kappa shape index (κ3) is 4.18. The molecule has 0 aromatic heterocycles. The van der Waals surface area contributed by atoms with E-state index in [1.54, 1.807) is 11.9 Å². The lowest BCUT2D eigenvalue weighted by Gasteiger charge is -2.30. The second kappa shape index (κ2) is 6.48. The molecule has 0 saturated carbocycles. The fourth-order valence-electron chi connectivity index (χ4n) is 1.74. The molecule has 2 amide bonds. The van der Waals surface area contributed by atoms with E-state index in [0.717, 1.165) is 6.42 Å². The van der Waals surface area contributed by atoms with Crippen LogP contribution >= 0.6 is 0 Å². The Bertz CT molecular complexity index is 256. The van der Waals surface area contributed by atoms with Gasteiger partial charge < -0.3 is 15.0 Å². The molecule has 1 heterocycles. The Morgan fingerprint density at radius 1 is 1.62 bits per heavy atom. The highest BCUT2D eigenvalue weighted by atomic mass is 16.5. The highest BCUT2D eigenvalue weighted by molar-refractivity contribution is 5.79. The van der Waals surface area contributed by atoms with Gasteiger partial charge in [0.25, 0.3) is 0 Å². The van der Waals surface area contributed by atoms with E-state index in [1.165, 1.54) is 0 Å². The molecule has 1 atom stereocenters. The van der Waals surface area contributed by atoms with E-state index in [1.807, 2.05) is 6.92 Å². The molecule has 0 spiro atoms. The molecule has 0 aromatic carbocycles. The lowest BCUT2D eigenvalue weighted by atomic mass is 10.1. The zero-order valence-corrected chi connectivity index (χ0v) is 9.99. The van der Waals surface area contributed by atoms with Gasteiger partial charge in [0.15, 0.2) is 0 Å². The first-order chi connectivity index (χ1) is 7.63. The number of hydrogen-bond acceptors (Lipinski definition) is 3. The number of likely N-dealkylation sites (tertiary alicyclic amines) is 1.